The standard InChI is InChI=1S/C22H27N5O/c1-4-23-21(24-14-16-15-27-12-8-7-11-20(27)25-16)26-18-13-22(2,3)28-19-10-6-5-9-17(18)19/h5-12,15,18H,4,13-14H2,1-3H3,(H2,23,24,26). The smallest absolute Gasteiger partial charge is 0.192 e. The molecule has 28 heavy (non-hydrogen) atoms. The number of nitrogens with one attached hydrogen (secondary N) is 2. The zero-order valence-electron chi connectivity index (χ0n) is 16.6. The van der Waals surface area contributed by atoms with E-state index in [0.29, 0.717) is 6.54 Å². The molecule has 1 aliphatic rings. The Bertz CT molecular complexity index is 958. The van der Waals surface area contributed by atoms with Crippen molar-refractivity contribution in [3.63, 3.8) is 0 Å². The lowest BCUT2D eigenvalue weighted by atomic mass is 9.90. The molecular weight excluding hydrogens is 350 g/mol. The predicted octanol–water partition coefficient (Wildman–Crippen LogP) is 3.69. The second kappa shape index (κ2) is 7.54. The summed E-state index contributed by atoms with van der Waals surface area (Å²) in [4.78, 5) is 9.40. The van der Waals surface area contributed by atoms with Crippen molar-refractivity contribution in [2.45, 2.75) is 45.4 Å². The molecule has 1 aromatic carbocycles. The van der Waals surface area contributed by atoms with Crippen molar-refractivity contribution in [2.24, 2.45) is 4.99 Å². The summed E-state index contributed by atoms with van der Waals surface area (Å²) in [7, 11) is 0. The summed E-state index contributed by atoms with van der Waals surface area (Å²) in [5.41, 5.74) is 2.81. The Morgan fingerprint density at radius 3 is 2.89 bits per heavy atom. The van der Waals surface area contributed by atoms with Crippen LogP contribution in [0.2, 0.25) is 0 Å². The Hall–Kier alpha value is -3.02. The van der Waals surface area contributed by atoms with Crippen LogP contribution in [0.4, 0.5) is 0 Å². The highest BCUT2D eigenvalue weighted by Gasteiger charge is 2.33. The maximum Gasteiger partial charge on any atom is 0.192 e. The number of aromatic nitrogens is 2. The first kappa shape index (κ1) is 18.3. The molecule has 0 saturated carbocycles. The summed E-state index contributed by atoms with van der Waals surface area (Å²) >= 11 is 0. The fourth-order valence-corrected chi connectivity index (χ4v) is 3.64. The third kappa shape index (κ3) is 3.96. The second-order valence-electron chi connectivity index (χ2n) is 7.69. The summed E-state index contributed by atoms with van der Waals surface area (Å²) in [5, 5.41) is 6.95. The molecule has 0 aliphatic carbocycles. The van der Waals surface area contributed by atoms with Gasteiger partial charge >= 0.3 is 0 Å². The molecule has 6 heteroatoms. The first-order valence-electron chi connectivity index (χ1n) is 9.79. The van der Waals surface area contributed by atoms with Crippen molar-refractivity contribution in [1.29, 1.82) is 0 Å². The highest BCUT2D eigenvalue weighted by molar-refractivity contribution is 5.80. The molecule has 4 rings (SSSR count). The van der Waals surface area contributed by atoms with Gasteiger partial charge in [-0.25, -0.2) is 9.98 Å². The number of rotatable bonds is 4. The van der Waals surface area contributed by atoms with E-state index in [1.165, 1.54) is 5.56 Å². The number of ether oxygens (including phenoxy) is 1. The third-order valence-electron chi connectivity index (χ3n) is 4.84. The number of benzene rings is 1. The van der Waals surface area contributed by atoms with E-state index in [9.17, 15) is 0 Å². The molecule has 0 amide bonds. The van der Waals surface area contributed by atoms with E-state index in [4.69, 9.17) is 9.73 Å². The number of nitrogens with zero attached hydrogens (tertiary/aromatic N) is 3. The number of pyridine rings is 1. The van der Waals surface area contributed by atoms with Gasteiger partial charge in [0.15, 0.2) is 5.96 Å². The number of hydrogen-bond donors (Lipinski definition) is 2. The minimum absolute atomic E-state index is 0.138. The van der Waals surface area contributed by atoms with Crippen LogP contribution in [0.5, 0.6) is 5.75 Å². The number of hydrogen-bond acceptors (Lipinski definition) is 3. The first-order valence-corrected chi connectivity index (χ1v) is 9.79. The minimum atomic E-state index is -0.231. The van der Waals surface area contributed by atoms with Gasteiger partial charge in [-0.1, -0.05) is 24.3 Å². The van der Waals surface area contributed by atoms with E-state index in [-0.39, 0.29) is 11.6 Å². The number of aliphatic imine (C=N–C) groups is 1. The topological polar surface area (TPSA) is 63.0 Å². The molecular formula is C22H27N5O. The zero-order chi connectivity index (χ0) is 19.6. The van der Waals surface area contributed by atoms with E-state index in [1.54, 1.807) is 0 Å². The van der Waals surface area contributed by atoms with Crippen LogP contribution in [0.25, 0.3) is 5.65 Å². The molecule has 0 bridgehead atoms. The highest BCUT2D eigenvalue weighted by Crippen LogP contribution is 2.39. The van der Waals surface area contributed by atoms with Crippen molar-refractivity contribution in [2.75, 3.05) is 6.54 Å². The van der Waals surface area contributed by atoms with Crippen LogP contribution in [0.3, 0.4) is 0 Å². The van der Waals surface area contributed by atoms with Crippen molar-refractivity contribution in [1.82, 2.24) is 20.0 Å². The van der Waals surface area contributed by atoms with Crippen molar-refractivity contribution in [3.8, 4) is 5.75 Å². The molecule has 1 aliphatic heterocycles. The minimum Gasteiger partial charge on any atom is -0.487 e. The average Bonchev–Trinajstić information content (AvgIpc) is 3.08. The van der Waals surface area contributed by atoms with Crippen LogP contribution in [0.1, 0.15) is 44.5 Å². The average molecular weight is 377 g/mol. The van der Waals surface area contributed by atoms with E-state index < -0.39 is 0 Å². The van der Waals surface area contributed by atoms with E-state index in [2.05, 4.69) is 48.5 Å². The fraction of sp³-hybridized carbons (Fsp3) is 0.364. The molecule has 6 nitrogen and oxygen atoms in total. The summed E-state index contributed by atoms with van der Waals surface area (Å²) in [6, 6.07) is 14.3. The monoisotopic (exact) mass is 377 g/mol. The maximum absolute atomic E-state index is 6.14. The van der Waals surface area contributed by atoms with Crippen LogP contribution in [-0.2, 0) is 6.54 Å². The van der Waals surface area contributed by atoms with Gasteiger partial charge in [0.05, 0.1) is 18.3 Å². The van der Waals surface area contributed by atoms with Crippen LogP contribution < -0.4 is 15.4 Å². The molecule has 0 radical (unpaired) electrons. The normalized spacial score (nSPS) is 18.4. The van der Waals surface area contributed by atoms with Crippen molar-refractivity contribution < 1.29 is 4.74 Å². The first-order chi connectivity index (χ1) is 13.5. The van der Waals surface area contributed by atoms with Crippen LogP contribution in [0, 0.1) is 0 Å². The van der Waals surface area contributed by atoms with Gasteiger partial charge < -0.3 is 19.8 Å². The van der Waals surface area contributed by atoms with Gasteiger partial charge in [0.1, 0.15) is 17.0 Å². The maximum atomic E-state index is 6.14. The predicted molar refractivity (Wildman–Crippen MR) is 112 cm³/mol. The van der Waals surface area contributed by atoms with E-state index in [1.807, 2.05) is 47.1 Å². The summed E-state index contributed by atoms with van der Waals surface area (Å²) < 4.78 is 8.16. The van der Waals surface area contributed by atoms with E-state index >= 15 is 0 Å². The van der Waals surface area contributed by atoms with E-state index in [0.717, 1.165) is 36.0 Å². The molecule has 1 atom stereocenters. The van der Waals surface area contributed by atoms with Crippen LogP contribution in [-0.4, -0.2) is 27.5 Å². The van der Waals surface area contributed by atoms with Gasteiger partial charge in [0, 0.05) is 30.9 Å². The highest BCUT2D eigenvalue weighted by atomic mass is 16.5. The van der Waals surface area contributed by atoms with Gasteiger partial charge in [-0.05, 0) is 39.0 Å². The molecule has 2 aromatic heterocycles. The fourth-order valence-electron chi connectivity index (χ4n) is 3.64. The lowest BCUT2D eigenvalue weighted by molar-refractivity contribution is 0.0694. The SMILES string of the molecule is CCNC(=NCc1cn2ccccc2n1)NC1CC(C)(C)Oc2ccccc21. The molecule has 0 spiro atoms. The number of guanidine groups is 1. The Morgan fingerprint density at radius 1 is 1.25 bits per heavy atom. The Kier molecular flexibility index (Phi) is 4.94. The molecule has 146 valence electrons. The second-order valence-corrected chi connectivity index (χ2v) is 7.69. The van der Waals surface area contributed by atoms with Crippen LogP contribution in [0.15, 0.2) is 59.9 Å². The summed E-state index contributed by atoms with van der Waals surface area (Å²) in [6.45, 7) is 7.64. The van der Waals surface area contributed by atoms with Gasteiger partial charge in [0.2, 0.25) is 0 Å². The van der Waals surface area contributed by atoms with Crippen molar-refractivity contribution in [3.05, 3.63) is 66.1 Å². The molecule has 0 saturated heterocycles. The molecule has 2 N–H and O–H groups in total. The Labute approximate surface area is 165 Å². The molecule has 0 fully saturated rings. The van der Waals surface area contributed by atoms with Crippen LogP contribution >= 0.6 is 0 Å². The van der Waals surface area contributed by atoms with Gasteiger partial charge in [-0.2, -0.15) is 0 Å². The van der Waals surface area contributed by atoms with Crippen molar-refractivity contribution >= 4 is 11.6 Å². The summed E-state index contributed by atoms with van der Waals surface area (Å²) in [6.07, 6.45) is 4.89. The largest absolute Gasteiger partial charge is 0.487 e. The number of imidazole rings is 1. The molecule has 3 heterocycles. The lowest BCUT2D eigenvalue weighted by Crippen LogP contribution is -2.45. The van der Waals surface area contributed by atoms with Gasteiger partial charge in [-0.15, -0.1) is 0 Å². The number of fused-ring (bicyclic) bond motifs is 2. The molecule has 1 unspecified atom stereocenters. The Morgan fingerprint density at radius 2 is 2.07 bits per heavy atom. The lowest BCUT2D eigenvalue weighted by Gasteiger charge is -2.38. The molecule has 3 aromatic rings. The zero-order valence-corrected chi connectivity index (χ0v) is 16.6. The van der Waals surface area contributed by atoms with Gasteiger partial charge in [-0.3, -0.25) is 0 Å². The summed E-state index contributed by atoms with van der Waals surface area (Å²) in [5.74, 6) is 1.73. The number of para-hydroxylation sites is 1. The quantitative estimate of drug-likeness (QED) is 0.538. The third-order valence-corrected chi connectivity index (χ3v) is 4.84. The van der Waals surface area contributed by atoms with Gasteiger partial charge in [0.25, 0.3) is 0 Å². The Balaban J connectivity index is 1.55.